The molecule has 0 bridgehead atoms. The molecule has 21 heavy (non-hydrogen) atoms. The zero-order valence-corrected chi connectivity index (χ0v) is 12.9. The first kappa shape index (κ1) is 14.9. The van der Waals surface area contributed by atoms with Crippen LogP contribution in [-0.2, 0) is 6.42 Å². The number of benzene rings is 1. The van der Waals surface area contributed by atoms with Crippen LogP contribution in [0.1, 0.15) is 25.3 Å². The average Bonchev–Trinajstić information content (AvgIpc) is 2.97. The molecule has 1 aromatic rings. The standard InChI is InChI=1S/C17H26FN3/c1-17(13-19,11-14-4-6-15(18)7-5-14)21-10-9-20-8-2-3-16(20)12-21/h4-7,16H,2-3,8-13,19H2,1H3. The van der Waals surface area contributed by atoms with Crippen molar-refractivity contribution in [1.29, 1.82) is 0 Å². The first-order valence-corrected chi connectivity index (χ1v) is 8.04. The average molecular weight is 291 g/mol. The molecule has 2 aliphatic heterocycles. The Bertz CT molecular complexity index is 475. The summed E-state index contributed by atoms with van der Waals surface area (Å²) in [6.07, 6.45) is 3.53. The SMILES string of the molecule is CC(CN)(Cc1ccc(F)cc1)N1CCN2CCCC2C1. The molecule has 0 aliphatic carbocycles. The second-order valence-electron chi connectivity index (χ2n) is 6.78. The van der Waals surface area contributed by atoms with Crippen molar-refractivity contribution in [3.63, 3.8) is 0 Å². The van der Waals surface area contributed by atoms with Crippen LogP contribution in [0.2, 0.25) is 0 Å². The highest BCUT2D eigenvalue weighted by Crippen LogP contribution is 2.28. The molecule has 116 valence electrons. The van der Waals surface area contributed by atoms with E-state index in [0.717, 1.165) is 26.1 Å². The van der Waals surface area contributed by atoms with Crippen molar-refractivity contribution in [2.45, 2.75) is 37.8 Å². The maximum atomic E-state index is 13.1. The lowest BCUT2D eigenvalue weighted by Crippen LogP contribution is -2.61. The van der Waals surface area contributed by atoms with Crippen LogP contribution >= 0.6 is 0 Å². The molecule has 0 radical (unpaired) electrons. The van der Waals surface area contributed by atoms with Gasteiger partial charge in [0.05, 0.1) is 0 Å². The fourth-order valence-electron chi connectivity index (χ4n) is 3.84. The Morgan fingerprint density at radius 3 is 2.71 bits per heavy atom. The highest BCUT2D eigenvalue weighted by atomic mass is 19.1. The van der Waals surface area contributed by atoms with E-state index in [-0.39, 0.29) is 11.4 Å². The van der Waals surface area contributed by atoms with Gasteiger partial charge in [0, 0.05) is 37.8 Å². The molecule has 0 amide bonds. The third-order valence-electron chi connectivity index (χ3n) is 5.29. The minimum absolute atomic E-state index is 0.0352. The second kappa shape index (κ2) is 6.03. The van der Waals surface area contributed by atoms with Gasteiger partial charge in [0.1, 0.15) is 5.82 Å². The predicted molar refractivity (Wildman–Crippen MR) is 83.7 cm³/mol. The van der Waals surface area contributed by atoms with Crippen molar-refractivity contribution < 1.29 is 4.39 Å². The van der Waals surface area contributed by atoms with Crippen LogP contribution in [0.15, 0.2) is 24.3 Å². The van der Waals surface area contributed by atoms with Gasteiger partial charge in [-0.05, 0) is 50.4 Å². The molecule has 3 nitrogen and oxygen atoms in total. The second-order valence-corrected chi connectivity index (χ2v) is 6.78. The summed E-state index contributed by atoms with van der Waals surface area (Å²) >= 11 is 0. The first-order chi connectivity index (χ1) is 10.1. The normalized spacial score (nSPS) is 26.5. The molecule has 2 fully saturated rings. The van der Waals surface area contributed by atoms with Crippen molar-refractivity contribution in [2.75, 3.05) is 32.7 Å². The van der Waals surface area contributed by atoms with E-state index in [9.17, 15) is 4.39 Å². The highest BCUT2D eigenvalue weighted by Gasteiger charge is 2.38. The molecular formula is C17H26FN3. The van der Waals surface area contributed by atoms with Crippen LogP contribution in [0.25, 0.3) is 0 Å². The topological polar surface area (TPSA) is 32.5 Å². The van der Waals surface area contributed by atoms with Gasteiger partial charge < -0.3 is 5.73 Å². The molecule has 2 saturated heterocycles. The van der Waals surface area contributed by atoms with Gasteiger partial charge in [0.25, 0.3) is 0 Å². The summed E-state index contributed by atoms with van der Waals surface area (Å²) in [5, 5.41) is 0. The number of halogens is 1. The molecule has 2 atom stereocenters. The van der Waals surface area contributed by atoms with Crippen LogP contribution in [0.4, 0.5) is 4.39 Å². The Hall–Kier alpha value is -0.970. The van der Waals surface area contributed by atoms with E-state index in [1.165, 1.54) is 24.9 Å². The van der Waals surface area contributed by atoms with Crippen molar-refractivity contribution >= 4 is 0 Å². The summed E-state index contributed by atoms with van der Waals surface area (Å²) in [5.74, 6) is -0.173. The summed E-state index contributed by atoms with van der Waals surface area (Å²) in [6.45, 7) is 7.51. The van der Waals surface area contributed by atoms with Crippen LogP contribution in [0.5, 0.6) is 0 Å². The molecule has 0 saturated carbocycles. The fourth-order valence-corrected chi connectivity index (χ4v) is 3.84. The van der Waals surface area contributed by atoms with E-state index in [1.807, 2.05) is 12.1 Å². The quantitative estimate of drug-likeness (QED) is 0.919. The van der Waals surface area contributed by atoms with Crippen LogP contribution in [0, 0.1) is 5.82 Å². The van der Waals surface area contributed by atoms with Gasteiger partial charge >= 0.3 is 0 Å². The van der Waals surface area contributed by atoms with E-state index < -0.39 is 0 Å². The number of piperazine rings is 1. The molecule has 0 spiro atoms. The van der Waals surface area contributed by atoms with Gasteiger partial charge in [0.2, 0.25) is 0 Å². The van der Waals surface area contributed by atoms with Crippen LogP contribution in [0.3, 0.4) is 0 Å². The van der Waals surface area contributed by atoms with Gasteiger partial charge in [-0.15, -0.1) is 0 Å². The molecule has 1 aromatic carbocycles. The molecule has 0 aromatic heterocycles. The molecule has 2 aliphatic rings. The predicted octanol–water partition coefficient (Wildman–Crippen LogP) is 1.87. The first-order valence-electron chi connectivity index (χ1n) is 8.04. The van der Waals surface area contributed by atoms with E-state index in [4.69, 9.17) is 5.73 Å². The van der Waals surface area contributed by atoms with Crippen molar-refractivity contribution in [3.8, 4) is 0 Å². The Labute approximate surface area is 126 Å². The lowest BCUT2D eigenvalue weighted by Gasteiger charge is -2.47. The molecule has 2 heterocycles. The zero-order chi connectivity index (χ0) is 14.9. The third kappa shape index (κ3) is 3.12. The summed E-state index contributed by atoms with van der Waals surface area (Å²) in [4.78, 5) is 5.17. The van der Waals surface area contributed by atoms with Gasteiger partial charge in [-0.3, -0.25) is 9.80 Å². The minimum atomic E-state index is -0.173. The Morgan fingerprint density at radius 2 is 2.00 bits per heavy atom. The van der Waals surface area contributed by atoms with E-state index in [2.05, 4.69) is 16.7 Å². The Balaban J connectivity index is 1.71. The van der Waals surface area contributed by atoms with E-state index >= 15 is 0 Å². The van der Waals surface area contributed by atoms with Gasteiger partial charge in [-0.25, -0.2) is 4.39 Å². The van der Waals surface area contributed by atoms with Crippen LogP contribution < -0.4 is 5.73 Å². The third-order valence-corrected chi connectivity index (χ3v) is 5.29. The fraction of sp³-hybridized carbons (Fsp3) is 0.647. The van der Waals surface area contributed by atoms with E-state index in [0.29, 0.717) is 12.6 Å². The number of nitrogens with zero attached hydrogens (tertiary/aromatic N) is 2. The minimum Gasteiger partial charge on any atom is -0.329 e. The van der Waals surface area contributed by atoms with Gasteiger partial charge in [-0.1, -0.05) is 12.1 Å². The molecule has 2 N–H and O–H groups in total. The molecular weight excluding hydrogens is 265 g/mol. The van der Waals surface area contributed by atoms with Crippen LogP contribution in [-0.4, -0.2) is 54.1 Å². The maximum absolute atomic E-state index is 13.1. The Kier molecular flexibility index (Phi) is 4.29. The monoisotopic (exact) mass is 291 g/mol. The molecule has 3 rings (SSSR count). The Morgan fingerprint density at radius 1 is 1.24 bits per heavy atom. The largest absolute Gasteiger partial charge is 0.329 e. The summed E-state index contributed by atoms with van der Waals surface area (Å²) in [5.41, 5.74) is 7.25. The summed E-state index contributed by atoms with van der Waals surface area (Å²) in [7, 11) is 0. The number of hydrogen-bond acceptors (Lipinski definition) is 3. The number of nitrogens with two attached hydrogens (primary N) is 1. The molecule has 4 heteroatoms. The number of rotatable bonds is 4. The maximum Gasteiger partial charge on any atom is 0.123 e. The van der Waals surface area contributed by atoms with Crippen molar-refractivity contribution in [3.05, 3.63) is 35.6 Å². The summed E-state index contributed by atoms with van der Waals surface area (Å²) < 4.78 is 13.1. The number of fused-ring (bicyclic) bond motifs is 1. The lowest BCUT2D eigenvalue weighted by molar-refractivity contribution is 0.0273. The number of hydrogen-bond donors (Lipinski definition) is 1. The van der Waals surface area contributed by atoms with E-state index in [1.54, 1.807) is 12.1 Å². The van der Waals surface area contributed by atoms with Crippen molar-refractivity contribution in [1.82, 2.24) is 9.80 Å². The highest BCUT2D eigenvalue weighted by molar-refractivity contribution is 5.19. The zero-order valence-electron chi connectivity index (χ0n) is 12.9. The van der Waals surface area contributed by atoms with Gasteiger partial charge in [0.15, 0.2) is 0 Å². The van der Waals surface area contributed by atoms with Gasteiger partial charge in [-0.2, -0.15) is 0 Å². The lowest BCUT2D eigenvalue weighted by atomic mass is 9.89. The molecule has 2 unspecified atom stereocenters. The smallest absolute Gasteiger partial charge is 0.123 e. The summed E-state index contributed by atoms with van der Waals surface area (Å²) in [6, 6.07) is 7.56. The van der Waals surface area contributed by atoms with Crippen molar-refractivity contribution in [2.24, 2.45) is 5.73 Å².